The third-order valence-electron chi connectivity index (χ3n) is 7.55. The van der Waals surface area contributed by atoms with Gasteiger partial charge in [-0.3, -0.25) is 14.3 Å². The van der Waals surface area contributed by atoms with Gasteiger partial charge in [0.05, 0.1) is 23.7 Å². The van der Waals surface area contributed by atoms with Crippen molar-refractivity contribution in [1.29, 1.82) is 0 Å². The highest BCUT2D eigenvalue weighted by Crippen LogP contribution is 2.40. The van der Waals surface area contributed by atoms with Crippen LogP contribution in [0.5, 0.6) is 0 Å². The van der Waals surface area contributed by atoms with E-state index in [1.54, 1.807) is 10.7 Å². The van der Waals surface area contributed by atoms with Crippen LogP contribution in [0, 0.1) is 5.92 Å². The van der Waals surface area contributed by atoms with E-state index in [-0.39, 0.29) is 29.4 Å². The van der Waals surface area contributed by atoms with Crippen molar-refractivity contribution in [1.82, 2.24) is 15.1 Å². The lowest BCUT2D eigenvalue weighted by Crippen LogP contribution is -2.37. The molecule has 0 radical (unpaired) electrons. The molecule has 0 saturated heterocycles. The van der Waals surface area contributed by atoms with Crippen LogP contribution >= 0.6 is 0 Å². The molecule has 2 saturated carbocycles. The van der Waals surface area contributed by atoms with Crippen LogP contribution in [0.15, 0.2) is 30.3 Å². The molecule has 2 aliphatic rings. The van der Waals surface area contributed by atoms with E-state index >= 15 is 0 Å². The van der Waals surface area contributed by atoms with E-state index in [1.807, 2.05) is 0 Å². The molecule has 0 spiro atoms. The van der Waals surface area contributed by atoms with Crippen molar-refractivity contribution in [2.24, 2.45) is 5.92 Å². The van der Waals surface area contributed by atoms with Gasteiger partial charge in [0.1, 0.15) is 0 Å². The van der Waals surface area contributed by atoms with Gasteiger partial charge in [0.2, 0.25) is 0 Å². The van der Waals surface area contributed by atoms with E-state index in [0.29, 0.717) is 12.3 Å². The minimum atomic E-state index is -4.55. The Labute approximate surface area is 209 Å². The van der Waals surface area contributed by atoms with Gasteiger partial charge in [0.25, 0.3) is 5.91 Å². The van der Waals surface area contributed by atoms with Crippen molar-refractivity contribution in [3.63, 3.8) is 0 Å². The number of carboxylic acid groups (broad SMARTS) is 1. The standard InChI is InChI=1S/C27H34F3N3O3/c28-27(29,30)22-13-7-6-12-21(22)24-17-23(32-33(24)20-10-4-5-11-20)26(36)31-19(16-25(34)35)15-14-18-8-2-1-3-9-18/h6-7,12-13,17-20H,1-5,8-11,14-16H2,(H,31,36)(H,34,35)/t19-/m0/s1. The summed E-state index contributed by atoms with van der Waals surface area (Å²) < 4.78 is 42.9. The maximum atomic E-state index is 13.8. The molecule has 2 aliphatic carbocycles. The van der Waals surface area contributed by atoms with E-state index < -0.39 is 29.7 Å². The van der Waals surface area contributed by atoms with Crippen LogP contribution in [0.25, 0.3) is 11.3 Å². The SMILES string of the molecule is O=C(O)C[C@H](CCC1CCCCC1)NC(=O)c1cc(-c2ccccc2C(F)(F)F)n(C2CCCC2)n1. The first-order valence-corrected chi connectivity index (χ1v) is 13.0. The Hall–Kier alpha value is -2.84. The topological polar surface area (TPSA) is 84.2 Å². The number of benzene rings is 1. The summed E-state index contributed by atoms with van der Waals surface area (Å²) in [4.78, 5) is 24.6. The van der Waals surface area contributed by atoms with Crippen molar-refractivity contribution in [3.8, 4) is 11.3 Å². The zero-order chi connectivity index (χ0) is 25.7. The average molecular weight is 506 g/mol. The zero-order valence-electron chi connectivity index (χ0n) is 20.4. The van der Waals surface area contributed by atoms with Crippen LogP contribution in [0.1, 0.15) is 99.1 Å². The molecule has 1 amide bonds. The quantitative estimate of drug-likeness (QED) is 0.401. The Kier molecular flexibility index (Phi) is 8.36. The second kappa shape index (κ2) is 11.5. The van der Waals surface area contributed by atoms with Gasteiger partial charge in [-0.25, -0.2) is 0 Å². The van der Waals surface area contributed by atoms with E-state index in [1.165, 1.54) is 37.5 Å². The summed E-state index contributed by atoms with van der Waals surface area (Å²) in [5.74, 6) is -1.01. The largest absolute Gasteiger partial charge is 0.481 e. The number of halogens is 3. The fraction of sp³-hybridized carbons (Fsp3) is 0.593. The highest BCUT2D eigenvalue weighted by molar-refractivity contribution is 5.94. The highest BCUT2D eigenvalue weighted by atomic mass is 19.4. The molecule has 4 rings (SSSR count). The van der Waals surface area contributed by atoms with Gasteiger partial charge in [-0.15, -0.1) is 0 Å². The number of hydrogen-bond acceptors (Lipinski definition) is 3. The summed E-state index contributed by atoms with van der Waals surface area (Å²) >= 11 is 0. The molecule has 1 heterocycles. The zero-order valence-corrected chi connectivity index (χ0v) is 20.4. The fourth-order valence-electron chi connectivity index (χ4n) is 5.70. The normalized spacial score (nSPS) is 18.3. The van der Waals surface area contributed by atoms with Crippen LogP contribution in [0.3, 0.4) is 0 Å². The monoisotopic (exact) mass is 505 g/mol. The van der Waals surface area contributed by atoms with Gasteiger partial charge >= 0.3 is 12.1 Å². The maximum Gasteiger partial charge on any atom is 0.417 e. The second-order valence-corrected chi connectivity index (χ2v) is 10.2. The smallest absolute Gasteiger partial charge is 0.417 e. The molecular weight excluding hydrogens is 471 g/mol. The third-order valence-corrected chi connectivity index (χ3v) is 7.55. The second-order valence-electron chi connectivity index (χ2n) is 10.2. The maximum absolute atomic E-state index is 13.8. The molecule has 6 nitrogen and oxygen atoms in total. The number of hydrogen-bond donors (Lipinski definition) is 2. The number of aliphatic carboxylic acids is 1. The predicted octanol–water partition coefficient (Wildman–Crippen LogP) is 6.62. The van der Waals surface area contributed by atoms with Gasteiger partial charge in [-0.05, 0) is 43.7 Å². The summed E-state index contributed by atoms with van der Waals surface area (Å²) in [5.41, 5.74) is -0.505. The average Bonchev–Trinajstić information content (AvgIpc) is 3.52. The number of nitrogens with zero attached hydrogens (tertiary/aromatic N) is 2. The van der Waals surface area contributed by atoms with Gasteiger partial charge in [0, 0.05) is 11.6 Å². The van der Waals surface area contributed by atoms with E-state index in [4.69, 9.17) is 0 Å². The first kappa shape index (κ1) is 26.2. The molecule has 196 valence electrons. The van der Waals surface area contributed by atoms with E-state index in [9.17, 15) is 27.9 Å². The molecule has 1 aromatic heterocycles. The van der Waals surface area contributed by atoms with E-state index in [2.05, 4.69) is 10.4 Å². The molecule has 0 unspecified atom stereocenters. The summed E-state index contributed by atoms with van der Waals surface area (Å²) in [5, 5.41) is 16.7. The molecule has 2 N–H and O–H groups in total. The van der Waals surface area contributed by atoms with Crippen molar-refractivity contribution in [2.45, 2.75) is 95.3 Å². The molecule has 9 heteroatoms. The lowest BCUT2D eigenvalue weighted by atomic mass is 9.85. The van der Waals surface area contributed by atoms with Gasteiger partial charge in [-0.2, -0.15) is 18.3 Å². The first-order chi connectivity index (χ1) is 17.2. The van der Waals surface area contributed by atoms with Crippen LogP contribution in [0.2, 0.25) is 0 Å². The lowest BCUT2D eigenvalue weighted by molar-refractivity contribution is -0.138. The number of carboxylic acids is 1. The molecule has 0 aliphatic heterocycles. The Bertz CT molecular complexity index is 1050. The predicted molar refractivity (Wildman–Crippen MR) is 129 cm³/mol. The van der Waals surface area contributed by atoms with Crippen LogP contribution < -0.4 is 5.32 Å². The highest BCUT2D eigenvalue weighted by Gasteiger charge is 2.35. The molecule has 2 aromatic rings. The number of rotatable bonds is 9. The summed E-state index contributed by atoms with van der Waals surface area (Å²) in [6, 6.07) is 6.11. The molecule has 1 aromatic carbocycles. The number of nitrogens with one attached hydrogen (secondary N) is 1. The molecule has 1 atom stereocenters. The van der Waals surface area contributed by atoms with Crippen molar-refractivity contribution in [3.05, 3.63) is 41.6 Å². The van der Waals surface area contributed by atoms with Gasteiger partial charge < -0.3 is 10.4 Å². The third kappa shape index (κ3) is 6.48. The Morgan fingerprint density at radius 3 is 2.39 bits per heavy atom. The van der Waals surface area contributed by atoms with Gasteiger partial charge in [-0.1, -0.05) is 63.1 Å². The Balaban J connectivity index is 1.58. The van der Waals surface area contributed by atoms with Crippen molar-refractivity contribution in [2.75, 3.05) is 0 Å². The fourth-order valence-corrected chi connectivity index (χ4v) is 5.70. The van der Waals surface area contributed by atoms with Gasteiger partial charge in [0.15, 0.2) is 5.69 Å². The van der Waals surface area contributed by atoms with Crippen molar-refractivity contribution < 1.29 is 27.9 Å². The first-order valence-electron chi connectivity index (χ1n) is 13.0. The number of carbonyl (C=O) groups is 2. The molecule has 36 heavy (non-hydrogen) atoms. The van der Waals surface area contributed by atoms with Crippen LogP contribution in [-0.2, 0) is 11.0 Å². The van der Waals surface area contributed by atoms with Crippen LogP contribution in [0.4, 0.5) is 13.2 Å². The Morgan fingerprint density at radius 1 is 1.06 bits per heavy atom. The summed E-state index contributed by atoms with van der Waals surface area (Å²) in [7, 11) is 0. The van der Waals surface area contributed by atoms with E-state index in [0.717, 1.165) is 51.0 Å². The van der Waals surface area contributed by atoms with Crippen LogP contribution in [-0.4, -0.2) is 32.8 Å². The minimum absolute atomic E-state index is 0.0113. The molecule has 2 fully saturated rings. The Morgan fingerprint density at radius 2 is 1.72 bits per heavy atom. The molecular formula is C27H34F3N3O3. The minimum Gasteiger partial charge on any atom is -0.481 e. The molecule has 0 bridgehead atoms. The number of carbonyl (C=O) groups excluding carboxylic acids is 1. The number of amides is 1. The van der Waals surface area contributed by atoms with Crippen molar-refractivity contribution >= 4 is 11.9 Å². The summed E-state index contributed by atoms with van der Waals surface area (Å²) in [6.07, 6.45) is 5.97. The lowest BCUT2D eigenvalue weighted by Gasteiger charge is -2.24. The number of alkyl halides is 3. The summed E-state index contributed by atoms with van der Waals surface area (Å²) in [6.45, 7) is 0. The number of aromatic nitrogens is 2.